The molecule has 0 N–H and O–H groups in total. The van der Waals surface area contributed by atoms with Gasteiger partial charge >= 0.3 is 12.1 Å². The highest BCUT2D eigenvalue weighted by atomic mass is 16.6. The topological polar surface area (TPSA) is 72.9 Å². The van der Waals surface area contributed by atoms with Gasteiger partial charge in [-0.05, 0) is 72.0 Å². The summed E-state index contributed by atoms with van der Waals surface area (Å²) in [5, 5.41) is 0. The van der Waals surface area contributed by atoms with Gasteiger partial charge in [-0.3, -0.25) is 9.59 Å². The first kappa shape index (κ1) is 17.3. The zero-order valence-corrected chi connectivity index (χ0v) is 15.9. The second-order valence-corrected chi connectivity index (χ2v) is 9.18. The van der Waals surface area contributed by atoms with Gasteiger partial charge in [0.25, 0.3) is 5.91 Å². The van der Waals surface area contributed by atoms with Crippen molar-refractivity contribution in [3.05, 3.63) is 23.4 Å². The summed E-state index contributed by atoms with van der Waals surface area (Å²) in [5.41, 5.74) is -0.975. The number of carbonyl (C=O) groups excluding carboxylic acids is 3. The van der Waals surface area contributed by atoms with Gasteiger partial charge in [-0.15, -0.1) is 0 Å². The van der Waals surface area contributed by atoms with Crippen LogP contribution >= 0.6 is 0 Å². The van der Waals surface area contributed by atoms with Crippen molar-refractivity contribution in [2.45, 2.75) is 65.1 Å². The molecule has 26 heavy (non-hydrogen) atoms. The number of carbonyl (C=O) groups is 3. The zero-order valence-electron chi connectivity index (χ0n) is 15.9. The molecular weight excluding hydrogens is 334 g/mol. The quantitative estimate of drug-likeness (QED) is 0.672. The average Bonchev–Trinajstić information content (AvgIpc) is 2.80. The lowest BCUT2D eigenvalue weighted by Gasteiger charge is -2.55. The van der Waals surface area contributed by atoms with Crippen molar-refractivity contribution in [2.24, 2.45) is 17.3 Å². The van der Waals surface area contributed by atoms with Crippen LogP contribution in [0.4, 0.5) is 4.79 Å². The molecule has 2 heterocycles. The minimum Gasteiger partial charge on any atom is -0.458 e. The van der Waals surface area contributed by atoms with E-state index in [9.17, 15) is 14.4 Å². The van der Waals surface area contributed by atoms with E-state index in [1.807, 2.05) is 6.92 Å². The van der Waals surface area contributed by atoms with Crippen LogP contribution < -0.4 is 0 Å². The number of imide groups is 1. The minimum atomic E-state index is -0.718. The Balaban J connectivity index is 1.73. The van der Waals surface area contributed by atoms with E-state index in [-0.39, 0.29) is 17.8 Å². The molecule has 6 nitrogen and oxygen atoms in total. The fourth-order valence-corrected chi connectivity index (χ4v) is 5.04. The van der Waals surface area contributed by atoms with E-state index in [4.69, 9.17) is 9.47 Å². The average molecular weight is 359 g/mol. The summed E-state index contributed by atoms with van der Waals surface area (Å²) < 4.78 is 11.1. The molecule has 3 aliphatic carbocycles. The van der Waals surface area contributed by atoms with Gasteiger partial charge in [0, 0.05) is 11.5 Å². The summed E-state index contributed by atoms with van der Waals surface area (Å²) in [6.45, 7) is 8.92. The maximum absolute atomic E-state index is 12.8. The summed E-state index contributed by atoms with van der Waals surface area (Å²) in [6, 6.07) is 0. The smallest absolute Gasteiger partial charge is 0.422 e. The summed E-state index contributed by atoms with van der Waals surface area (Å²) in [7, 11) is 0. The lowest BCUT2D eigenvalue weighted by Crippen LogP contribution is -2.58. The number of hydrogen-bond donors (Lipinski definition) is 0. The number of amides is 2. The van der Waals surface area contributed by atoms with Crippen molar-refractivity contribution in [3.63, 3.8) is 0 Å². The molecule has 0 aromatic heterocycles. The second kappa shape index (κ2) is 4.99. The summed E-state index contributed by atoms with van der Waals surface area (Å²) in [5.74, 6) is -0.298. The Labute approximate surface area is 153 Å². The number of esters is 1. The van der Waals surface area contributed by atoms with Gasteiger partial charge in [0.15, 0.2) is 0 Å². The molecule has 6 heteroatoms. The highest BCUT2D eigenvalue weighted by molar-refractivity contribution is 6.07. The molecule has 0 radical (unpaired) electrons. The number of hydrogen-bond acceptors (Lipinski definition) is 5. The third kappa shape index (κ3) is 2.14. The Morgan fingerprint density at radius 2 is 2.08 bits per heavy atom. The Morgan fingerprint density at radius 3 is 2.69 bits per heavy atom. The lowest BCUT2D eigenvalue weighted by molar-refractivity contribution is -0.151. The van der Waals surface area contributed by atoms with Gasteiger partial charge in [0.05, 0.1) is 11.1 Å². The Hall–Kier alpha value is -2.11. The van der Waals surface area contributed by atoms with Crippen LogP contribution in [0.5, 0.6) is 0 Å². The van der Waals surface area contributed by atoms with Crippen LogP contribution in [-0.4, -0.2) is 34.1 Å². The van der Waals surface area contributed by atoms with Crippen molar-refractivity contribution >= 4 is 18.0 Å². The molecule has 140 valence electrons. The molecule has 4 fully saturated rings. The highest BCUT2D eigenvalue weighted by Gasteiger charge is 2.74. The molecule has 2 aliphatic heterocycles. The maximum Gasteiger partial charge on any atom is 0.422 e. The third-order valence-corrected chi connectivity index (χ3v) is 6.30. The first-order valence-corrected chi connectivity index (χ1v) is 9.20. The Bertz CT molecular complexity index is 787. The number of allylic oxidation sites excluding steroid dienone is 1. The predicted octanol–water partition coefficient (Wildman–Crippen LogP) is 3.33. The first-order valence-electron chi connectivity index (χ1n) is 9.20. The lowest BCUT2D eigenvalue weighted by atomic mass is 9.44. The van der Waals surface area contributed by atoms with E-state index < -0.39 is 28.6 Å². The fourth-order valence-electron chi connectivity index (χ4n) is 5.04. The van der Waals surface area contributed by atoms with Gasteiger partial charge in [0.1, 0.15) is 11.2 Å². The summed E-state index contributed by atoms with van der Waals surface area (Å²) in [6.07, 6.45) is 5.51. The van der Waals surface area contributed by atoms with Crippen molar-refractivity contribution in [2.75, 3.05) is 0 Å². The van der Waals surface area contributed by atoms with Gasteiger partial charge in [0.2, 0.25) is 0 Å². The standard InChI is InChI=1S/C20H25NO5/c1-11-8-13(21(15(11)22)17(24)26-18(2,3)4)10-20-12-6-7-19(5,14(20)9-12)25-16(20)23/h8,10,12,14H,6-7,9H2,1-5H3/b13-10+/t12-,14-,19+,20-/m0/s1. The monoisotopic (exact) mass is 359 g/mol. The number of ether oxygens (including phenoxy) is 2. The number of fused-ring (bicyclic) bond motifs is 1. The molecule has 3 saturated carbocycles. The van der Waals surface area contributed by atoms with Crippen molar-refractivity contribution in [3.8, 4) is 0 Å². The van der Waals surface area contributed by atoms with E-state index in [1.54, 1.807) is 39.8 Å². The number of nitrogens with zero attached hydrogens (tertiary/aromatic N) is 1. The third-order valence-electron chi connectivity index (χ3n) is 6.30. The van der Waals surface area contributed by atoms with Crippen LogP contribution in [0.2, 0.25) is 0 Å². The van der Waals surface area contributed by atoms with E-state index in [0.717, 1.165) is 24.2 Å². The second-order valence-electron chi connectivity index (χ2n) is 9.18. The van der Waals surface area contributed by atoms with Gasteiger partial charge in [-0.1, -0.05) is 0 Å². The first-order chi connectivity index (χ1) is 12.0. The van der Waals surface area contributed by atoms with Gasteiger partial charge in [-0.25, -0.2) is 9.69 Å². The van der Waals surface area contributed by atoms with Crippen LogP contribution in [0.1, 0.15) is 53.9 Å². The normalized spacial score (nSPS) is 39.7. The van der Waals surface area contributed by atoms with E-state index in [0.29, 0.717) is 11.3 Å². The largest absolute Gasteiger partial charge is 0.458 e. The molecule has 5 rings (SSSR count). The Morgan fingerprint density at radius 1 is 1.38 bits per heavy atom. The van der Waals surface area contributed by atoms with Crippen molar-refractivity contribution in [1.82, 2.24) is 4.90 Å². The van der Waals surface area contributed by atoms with Crippen molar-refractivity contribution < 1.29 is 23.9 Å². The highest BCUT2D eigenvalue weighted by Crippen LogP contribution is 2.70. The summed E-state index contributed by atoms with van der Waals surface area (Å²) >= 11 is 0. The van der Waals surface area contributed by atoms with Crippen LogP contribution in [0.15, 0.2) is 23.4 Å². The SMILES string of the molecule is CC1=C/C(=C\[C@]23C(=O)O[C@]4(C)CC[C@H]2C[C@H]34)N(C(=O)OC(C)(C)C)C1=O. The van der Waals surface area contributed by atoms with E-state index >= 15 is 0 Å². The molecule has 0 spiro atoms. The van der Waals surface area contributed by atoms with E-state index in [1.165, 1.54) is 0 Å². The molecule has 1 saturated heterocycles. The molecule has 0 aromatic rings. The van der Waals surface area contributed by atoms with Crippen molar-refractivity contribution in [1.29, 1.82) is 0 Å². The molecule has 0 aromatic carbocycles. The van der Waals surface area contributed by atoms with Crippen LogP contribution in [-0.2, 0) is 19.1 Å². The molecular formula is C20H25NO5. The van der Waals surface area contributed by atoms with Gasteiger partial charge in [-0.2, -0.15) is 0 Å². The van der Waals surface area contributed by atoms with Gasteiger partial charge < -0.3 is 9.47 Å². The molecule has 0 unspecified atom stereocenters. The predicted molar refractivity (Wildman–Crippen MR) is 92.7 cm³/mol. The molecule has 5 aliphatic rings. The van der Waals surface area contributed by atoms with E-state index in [2.05, 4.69) is 0 Å². The molecule has 4 atom stereocenters. The van der Waals surface area contributed by atoms with Crippen LogP contribution in [0.25, 0.3) is 0 Å². The summed E-state index contributed by atoms with van der Waals surface area (Å²) in [4.78, 5) is 38.9. The minimum absolute atomic E-state index is 0.110. The molecule has 4 bridgehead atoms. The van der Waals surface area contributed by atoms with Crippen LogP contribution in [0.3, 0.4) is 0 Å². The zero-order chi connectivity index (χ0) is 19.1. The molecule has 2 amide bonds. The number of rotatable bonds is 1. The Kier molecular flexibility index (Phi) is 3.32. The maximum atomic E-state index is 12.8. The van der Waals surface area contributed by atoms with Crippen LogP contribution in [0, 0.1) is 17.3 Å². The fraction of sp³-hybridized carbons (Fsp3) is 0.650.